The minimum atomic E-state index is -0.132. The Balaban J connectivity index is 2.28. The first-order valence-corrected chi connectivity index (χ1v) is 3.68. The fourth-order valence-electron chi connectivity index (χ4n) is 1.09. The van der Waals surface area contributed by atoms with Crippen molar-refractivity contribution >= 4 is 12.6 Å². The second-order valence-electron chi connectivity index (χ2n) is 2.42. The van der Waals surface area contributed by atoms with Crippen molar-refractivity contribution < 1.29 is 5.11 Å². The van der Waals surface area contributed by atoms with Crippen LogP contribution < -0.4 is 0 Å². The van der Waals surface area contributed by atoms with Crippen molar-refractivity contribution in [2.75, 3.05) is 0 Å². The summed E-state index contributed by atoms with van der Waals surface area (Å²) in [6.07, 6.45) is 4.33. The number of aliphatic hydroxyl groups excluding tert-OH is 1. The summed E-state index contributed by atoms with van der Waals surface area (Å²) < 4.78 is 0. The molecule has 8 heavy (non-hydrogen) atoms. The quantitative estimate of drug-likeness (QED) is 0.475. The minimum Gasteiger partial charge on any atom is -0.392 e. The van der Waals surface area contributed by atoms with Crippen LogP contribution in [0.3, 0.4) is 0 Å². The van der Waals surface area contributed by atoms with Crippen LogP contribution in [0.5, 0.6) is 0 Å². The van der Waals surface area contributed by atoms with Gasteiger partial charge in [0.05, 0.1) is 6.10 Å². The van der Waals surface area contributed by atoms with Crippen LogP contribution in [-0.4, -0.2) is 16.5 Å². The van der Waals surface area contributed by atoms with Gasteiger partial charge in [0.2, 0.25) is 0 Å². The lowest BCUT2D eigenvalue weighted by molar-refractivity contribution is 0.137. The van der Waals surface area contributed by atoms with Crippen molar-refractivity contribution in [1.29, 1.82) is 0 Å². The van der Waals surface area contributed by atoms with E-state index in [2.05, 4.69) is 12.6 Å². The Morgan fingerprint density at radius 2 is 1.88 bits per heavy atom. The van der Waals surface area contributed by atoms with Gasteiger partial charge in [0.1, 0.15) is 0 Å². The Bertz CT molecular complexity index is 64.9. The van der Waals surface area contributed by atoms with Crippen molar-refractivity contribution in [3.63, 3.8) is 0 Å². The summed E-state index contributed by atoms with van der Waals surface area (Å²) >= 11 is 4.21. The van der Waals surface area contributed by atoms with E-state index < -0.39 is 0 Å². The van der Waals surface area contributed by atoms with Crippen LogP contribution in [-0.2, 0) is 0 Å². The Morgan fingerprint density at radius 1 is 1.25 bits per heavy atom. The molecule has 1 fully saturated rings. The molecule has 0 bridgehead atoms. The maximum atomic E-state index is 9.10. The van der Waals surface area contributed by atoms with Crippen molar-refractivity contribution in [3.05, 3.63) is 0 Å². The summed E-state index contributed by atoms with van der Waals surface area (Å²) in [5.41, 5.74) is 0. The standard InChI is InChI=1S/C6H12OS/c7-5-3-1-2-4-6(5)8/h5-8H,1-4H2/t5-,6+/m0/s1. The molecule has 0 aromatic rings. The molecule has 0 heterocycles. The van der Waals surface area contributed by atoms with Gasteiger partial charge in [-0.05, 0) is 12.8 Å². The van der Waals surface area contributed by atoms with Crippen LogP contribution in [0.15, 0.2) is 0 Å². The van der Waals surface area contributed by atoms with Gasteiger partial charge in [0, 0.05) is 5.25 Å². The zero-order valence-electron chi connectivity index (χ0n) is 4.88. The number of aliphatic hydroxyl groups is 1. The van der Waals surface area contributed by atoms with Crippen LogP contribution in [0, 0.1) is 0 Å². The topological polar surface area (TPSA) is 20.2 Å². The summed E-state index contributed by atoms with van der Waals surface area (Å²) in [5.74, 6) is 0. The highest BCUT2D eigenvalue weighted by atomic mass is 32.1. The summed E-state index contributed by atoms with van der Waals surface area (Å²) in [6.45, 7) is 0. The predicted molar refractivity (Wildman–Crippen MR) is 37.2 cm³/mol. The van der Waals surface area contributed by atoms with Gasteiger partial charge in [-0.25, -0.2) is 0 Å². The first-order chi connectivity index (χ1) is 3.80. The van der Waals surface area contributed by atoms with Crippen LogP contribution in [0.1, 0.15) is 25.7 Å². The van der Waals surface area contributed by atoms with Crippen molar-refractivity contribution in [2.24, 2.45) is 0 Å². The predicted octanol–water partition coefficient (Wildman–Crippen LogP) is 1.22. The number of hydrogen-bond acceptors (Lipinski definition) is 2. The molecule has 0 aromatic heterocycles. The average Bonchev–Trinajstić information content (AvgIpc) is 1.77. The monoisotopic (exact) mass is 132 g/mol. The fraction of sp³-hybridized carbons (Fsp3) is 1.00. The smallest absolute Gasteiger partial charge is 0.0656 e. The van der Waals surface area contributed by atoms with Gasteiger partial charge < -0.3 is 5.11 Å². The zero-order valence-corrected chi connectivity index (χ0v) is 5.77. The molecule has 1 saturated carbocycles. The van der Waals surface area contributed by atoms with E-state index >= 15 is 0 Å². The Morgan fingerprint density at radius 3 is 2.25 bits per heavy atom. The molecular weight excluding hydrogens is 120 g/mol. The third-order valence-corrected chi connectivity index (χ3v) is 2.30. The molecule has 0 saturated heterocycles. The van der Waals surface area contributed by atoms with E-state index in [4.69, 9.17) is 5.11 Å². The Kier molecular flexibility index (Phi) is 2.20. The molecule has 0 amide bonds. The van der Waals surface area contributed by atoms with E-state index in [1.165, 1.54) is 12.8 Å². The fourth-order valence-corrected chi connectivity index (χ4v) is 1.42. The molecule has 0 aromatic carbocycles. The molecule has 2 heteroatoms. The van der Waals surface area contributed by atoms with E-state index in [1.807, 2.05) is 0 Å². The van der Waals surface area contributed by atoms with Crippen LogP contribution in [0.4, 0.5) is 0 Å². The third-order valence-electron chi connectivity index (χ3n) is 1.69. The van der Waals surface area contributed by atoms with Gasteiger partial charge >= 0.3 is 0 Å². The second-order valence-corrected chi connectivity index (χ2v) is 3.08. The molecule has 0 unspecified atom stereocenters. The largest absolute Gasteiger partial charge is 0.392 e. The lowest BCUT2D eigenvalue weighted by atomic mass is 9.97. The normalized spacial score (nSPS) is 39.8. The molecule has 1 aliphatic carbocycles. The maximum Gasteiger partial charge on any atom is 0.0656 e. The van der Waals surface area contributed by atoms with Gasteiger partial charge in [-0.3, -0.25) is 0 Å². The number of rotatable bonds is 0. The molecule has 0 radical (unpaired) electrons. The minimum absolute atomic E-state index is 0.132. The summed E-state index contributed by atoms with van der Waals surface area (Å²) in [6, 6.07) is 0. The molecule has 1 N–H and O–H groups in total. The second kappa shape index (κ2) is 2.74. The van der Waals surface area contributed by atoms with E-state index in [9.17, 15) is 0 Å². The third kappa shape index (κ3) is 1.39. The Hall–Kier alpha value is 0.310. The van der Waals surface area contributed by atoms with Crippen LogP contribution in [0.25, 0.3) is 0 Å². The molecule has 48 valence electrons. The highest BCUT2D eigenvalue weighted by Gasteiger charge is 2.18. The SMILES string of the molecule is O[C@H]1CCCC[C@H]1S. The van der Waals surface area contributed by atoms with Gasteiger partial charge in [-0.1, -0.05) is 12.8 Å². The summed E-state index contributed by atoms with van der Waals surface area (Å²) in [4.78, 5) is 0. The maximum absolute atomic E-state index is 9.10. The number of hydrogen-bond donors (Lipinski definition) is 2. The zero-order chi connectivity index (χ0) is 5.98. The van der Waals surface area contributed by atoms with Crippen molar-refractivity contribution in [3.8, 4) is 0 Å². The molecule has 1 nitrogen and oxygen atoms in total. The first kappa shape index (κ1) is 6.43. The van der Waals surface area contributed by atoms with E-state index in [0.29, 0.717) is 0 Å². The molecule has 0 aliphatic heterocycles. The van der Waals surface area contributed by atoms with E-state index in [0.717, 1.165) is 12.8 Å². The molecule has 0 spiro atoms. The van der Waals surface area contributed by atoms with Crippen LogP contribution in [0.2, 0.25) is 0 Å². The molecule has 1 rings (SSSR count). The van der Waals surface area contributed by atoms with Gasteiger partial charge in [0.15, 0.2) is 0 Å². The highest BCUT2D eigenvalue weighted by Crippen LogP contribution is 2.21. The summed E-state index contributed by atoms with van der Waals surface area (Å²) in [7, 11) is 0. The van der Waals surface area contributed by atoms with Crippen molar-refractivity contribution in [2.45, 2.75) is 37.0 Å². The first-order valence-electron chi connectivity index (χ1n) is 3.17. The molecule has 1 aliphatic rings. The van der Waals surface area contributed by atoms with Gasteiger partial charge in [0.25, 0.3) is 0 Å². The Labute approximate surface area is 55.5 Å². The summed E-state index contributed by atoms with van der Waals surface area (Å²) in [5, 5.41) is 9.35. The van der Waals surface area contributed by atoms with Gasteiger partial charge in [-0.15, -0.1) is 0 Å². The van der Waals surface area contributed by atoms with E-state index in [-0.39, 0.29) is 11.4 Å². The highest BCUT2D eigenvalue weighted by molar-refractivity contribution is 7.81. The average molecular weight is 132 g/mol. The van der Waals surface area contributed by atoms with Crippen molar-refractivity contribution in [1.82, 2.24) is 0 Å². The molecular formula is C6H12OS. The molecule has 2 atom stereocenters. The number of thiol groups is 1. The lowest BCUT2D eigenvalue weighted by Crippen LogP contribution is -2.24. The van der Waals surface area contributed by atoms with E-state index in [1.54, 1.807) is 0 Å². The van der Waals surface area contributed by atoms with Gasteiger partial charge in [-0.2, -0.15) is 12.6 Å². The lowest BCUT2D eigenvalue weighted by Gasteiger charge is -2.22. The van der Waals surface area contributed by atoms with Crippen LogP contribution >= 0.6 is 12.6 Å².